The molecule has 0 aliphatic carbocycles. The lowest BCUT2D eigenvalue weighted by atomic mass is 9.98. The monoisotopic (exact) mass is 317 g/mol. The van der Waals surface area contributed by atoms with Crippen LogP contribution in [0.2, 0.25) is 29.7 Å². The summed E-state index contributed by atoms with van der Waals surface area (Å²) in [7, 11) is -1.69. The Kier molecular flexibility index (Phi) is 4.25. The highest BCUT2D eigenvalue weighted by Gasteiger charge is 2.36. The number of hydrogen-bond donors (Lipinski definition) is 0. The van der Waals surface area contributed by atoms with Gasteiger partial charge in [0.05, 0.1) is 21.7 Å². The van der Waals surface area contributed by atoms with Gasteiger partial charge in [0.1, 0.15) is 0 Å². The average molecular weight is 318 g/mol. The first-order valence-electron chi connectivity index (χ1n) is 6.15. The van der Waals surface area contributed by atoms with Crippen molar-refractivity contribution in [2.75, 3.05) is 0 Å². The molecule has 1 heterocycles. The van der Waals surface area contributed by atoms with Crippen molar-refractivity contribution in [2.24, 2.45) is 11.1 Å². The Morgan fingerprint density at radius 2 is 1.79 bits per heavy atom. The van der Waals surface area contributed by atoms with E-state index >= 15 is 0 Å². The van der Waals surface area contributed by atoms with Crippen LogP contribution in [0.3, 0.4) is 0 Å². The molecule has 2 atom stereocenters. The smallest absolute Gasteiger partial charge is 0.226 e. The molecule has 3 nitrogen and oxygen atoms in total. The molecule has 1 aromatic carbocycles. The molecule has 0 bridgehead atoms. The number of hydrogen-bond acceptors (Lipinski definition) is 3. The van der Waals surface area contributed by atoms with E-state index in [2.05, 4.69) is 24.8 Å². The van der Waals surface area contributed by atoms with Crippen molar-refractivity contribution in [3.8, 4) is 0 Å². The van der Waals surface area contributed by atoms with E-state index in [1.165, 1.54) is 0 Å². The molecule has 104 valence electrons. The Labute approximate surface area is 124 Å². The van der Waals surface area contributed by atoms with Crippen LogP contribution in [0.4, 0.5) is 0 Å². The zero-order chi connectivity index (χ0) is 14.2. The van der Waals surface area contributed by atoms with Crippen LogP contribution in [0.25, 0.3) is 0 Å². The largest absolute Gasteiger partial charge is 0.382 e. The molecule has 2 rings (SSSR count). The predicted molar refractivity (Wildman–Crippen MR) is 81.5 cm³/mol. The molecule has 0 N–H and O–H groups in total. The minimum Gasteiger partial charge on any atom is -0.382 e. The summed E-state index contributed by atoms with van der Waals surface area (Å²) in [5.74, 6) is 0.00382. The molecule has 0 spiro atoms. The van der Waals surface area contributed by atoms with Gasteiger partial charge in [-0.2, -0.15) is 0 Å². The first-order valence-corrected chi connectivity index (χ1v) is 10.3. The van der Waals surface area contributed by atoms with Gasteiger partial charge in [-0.3, -0.25) is 0 Å². The van der Waals surface area contributed by atoms with Crippen molar-refractivity contribution >= 4 is 37.2 Å². The van der Waals surface area contributed by atoms with Gasteiger partial charge in [0.2, 0.25) is 6.29 Å². The quantitative estimate of drug-likeness (QED) is 0.766. The zero-order valence-electron chi connectivity index (χ0n) is 11.4. The lowest BCUT2D eigenvalue weighted by Crippen LogP contribution is -2.36. The Balaban J connectivity index is 2.25. The normalized spacial score (nSPS) is 23.2. The summed E-state index contributed by atoms with van der Waals surface area (Å²) in [6.45, 7) is 8.35. The van der Waals surface area contributed by atoms with E-state index in [4.69, 9.17) is 32.5 Å². The molecule has 6 heteroatoms. The van der Waals surface area contributed by atoms with Gasteiger partial charge in [-0.15, -0.1) is 0 Å². The lowest BCUT2D eigenvalue weighted by molar-refractivity contribution is -0.0823. The second-order valence-electron chi connectivity index (χ2n) is 5.57. The Morgan fingerprint density at radius 3 is 2.32 bits per heavy atom. The molecule has 0 unspecified atom stereocenters. The molecule has 1 aliphatic rings. The number of halogens is 2. The molecule has 0 saturated carbocycles. The lowest BCUT2D eigenvalue weighted by Gasteiger charge is -2.24. The maximum absolute atomic E-state index is 6.20. The fraction of sp³-hybridized carbons (Fsp3) is 0.462. The summed E-state index contributed by atoms with van der Waals surface area (Å²) in [6, 6.07) is 5.40. The molecule has 0 fully saturated rings. The first kappa shape index (κ1) is 14.8. The van der Waals surface area contributed by atoms with Gasteiger partial charge >= 0.3 is 0 Å². The van der Waals surface area contributed by atoms with Crippen LogP contribution in [-0.4, -0.2) is 20.3 Å². The third-order valence-corrected chi connectivity index (χ3v) is 4.35. The predicted octanol–water partition coefficient (Wildman–Crippen LogP) is 4.54. The van der Waals surface area contributed by atoms with Gasteiger partial charge in [-0.05, 0) is 31.8 Å². The minimum absolute atomic E-state index is 0.00382. The molecular formula is C13H17Cl2NO2Si. The zero-order valence-corrected chi connectivity index (χ0v) is 13.9. The first-order chi connectivity index (χ1) is 8.79. The molecule has 0 saturated heterocycles. The molecule has 0 aromatic heterocycles. The van der Waals surface area contributed by atoms with Gasteiger partial charge in [0.15, 0.2) is 8.32 Å². The second kappa shape index (κ2) is 5.44. The SMILES string of the molecule is C[C@H]1C(c2c(Cl)cccc2Cl)=NO[C@H]1O[Si](C)(C)C. The van der Waals surface area contributed by atoms with E-state index in [0.717, 1.165) is 11.3 Å². The fourth-order valence-corrected chi connectivity index (χ4v) is 3.44. The summed E-state index contributed by atoms with van der Waals surface area (Å²) < 4.78 is 5.96. The van der Waals surface area contributed by atoms with E-state index in [0.29, 0.717) is 10.0 Å². The summed E-state index contributed by atoms with van der Waals surface area (Å²) in [6.07, 6.45) is -0.353. The molecule has 1 aliphatic heterocycles. The second-order valence-corrected chi connectivity index (χ2v) is 10.8. The molecule has 19 heavy (non-hydrogen) atoms. The Morgan fingerprint density at radius 1 is 1.21 bits per heavy atom. The maximum Gasteiger partial charge on any atom is 0.226 e. The molecular weight excluding hydrogens is 301 g/mol. The van der Waals surface area contributed by atoms with E-state index in [9.17, 15) is 0 Å². The summed E-state index contributed by atoms with van der Waals surface area (Å²) in [5, 5.41) is 5.28. The van der Waals surface area contributed by atoms with Crippen molar-refractivity contribution in [3.05, 3.63) is 33.8 Å². The van der Waals surface area contributed by atoms with Crippen LogP contribution in [0.1, 0.15) is 12.5 Å². The average Bonchev–Trinajstić information content (AvgIpc) is 2.59. The van der Waals surface area contributed by atoms with E-state index in [1.54, 1.807) is 12.1 Å². The molecule has 0 amide bonds. The topological polar surface area (TPSA) is 30.8 Å². The summed E-state index contributed by atoms with van der Waals surface area (Å²) >= 11 is 12.4. The number of oxime groups is 1. The molecule has 0 radical (unpaired) electrons. The fourth-order valence-electron chi connectivity index (χ4n) is 1.90. The summed E-state index contributed by atoms with van der Waals surface area (Å²) in [4.78, 5) is 5.40. The number of nitrogens with zero attached hydrogens (tertiary/aromatic N) is 1. The molecule has 1 aromatic rings. The maximum atomic E-state index is 6.20. The Bertz CT molecular complexity index is 494. The van der Waals surface area contributed by atoms with Crippen LogP contribution < -0.4 is 0 Å². The van der Waals surface area contributed by atoms with Gasteiger partial charge in [-0.1, -0.05) is 41.3 Å². The standard InChI is InChI=1S/C13H17Cl2NO2Si/c1-8-12(11-9(14)6-5-7-10(11)15)16-17-13(8)18-19(2,3)4/h5-8,13H,1-4H3/t8-,13-/m0/s1. The Hall–Kier alpha value is -0.553. The van der Waals surface area contributed by atoms with Crippen molar-refractivity contribution in [1.29, 1.82) is 0 Å². The minimum atomic E-state index is -1.69. The van der Waals surface area contributed by atoms with E-state index in [1.807, 2.05) is 13.0 Å². The van der Waals surface area contributed by atoms with Gasteiger partial charge in [0.25, 0.3) is 0 Å². The van der Waals surface area contributed by atoms with E-state index in [-0.39, 0.29) is 12.2 Å². The summed E-state index contributed by atoms with van der Waals surface area (Å²) in [5.41, 5.74) is 1.49. The third kappa shape index (κ3) is 3.31. The van der Waals surface area contributed by atoms with Crippen LogP contribution in [0.15, 0.2) is 23.4 Å². The highest BCUT2D eigenvalue weighted by molar-refractivity contribution is 6.69. The van der Waals surface area contributed by atoms with Gasteiger partial charge < -0.3 is 9.26 Å². The van der Waals surface area contributed by atoms with Gasteiger partial charge in [-0.25, -0.2) is 0 Å². The van der Waals surface area contributed by atoms with Gasteiger partial charge in [0, 0.05) is 5.56 Å². The van der Waals surface area contributed by atoms with Crippen LogP contribution >= 0.6 is 23.2 Å². The van der Waals surface area contributed by atoms with E-state index < -0.39 is 8.32 Å². The highest BCUT2D eigenvalue weighted by atomic mass is 35.5. The van der Waals surface area contributed by atoms with Crippen LogP contribution in [0, 0.1) is 5.92 Å². The van der Waals surface area contributed by atoms with Crippen molar-refractivity contribution < 1.29 is 9.26 Å². The number of benzene rings is 1. The van der Waals surface area contributed by atoms with Crippen LogP contribution in [0.5, 0.6) is 0 Å². The highest BCUT2D eigenvalue weighted by Crippen LogP contribution is 2.33. The van der Waals surface area contributed by atoms with Crippen molar-refractivity contribution in [3.63, 3.8) is 0 Å². The third-order valence-electron chi connectivity index (χ3n) is 2.78. The van der Waals surface area contributed by atoms with Crippen molar-refractivity contribution in [2.45, 2.75) is 32.9 Å². The number of rotatable bonds is 3. The van der Waals surface area contributed by atoms with Crippen molar-refractivity contribution in [1.82, 2.24) is 0 Å². The van der Waals surface area contributed by atoms with Crippen LogP contribution in [-0.2, 0) is 9.26 Å².